The molecule has 2 nitrogen and oxygen atoms in total. The van der Waals surface area contributed by atoms with E-state index in [0.717, 1.165) is 0 Å². The molecule has 0 saturated carbocycles. The molecule has 2 heteroatoms. The van der Waals surface area contributed by atoms with Gasteiger partial charge in [-0.15, -0.1) is 0 Å². The molecule has 14 heavy (non-hydrogen) atoms. The number of imidazole rings is 1. The average Bonchev–Trinajstić information content (AvgIpc) is 2.62. The zero-order valence-electron chi connectivity index (χ0n) is 9.45. The van der Waals surface area contributed by atoms with E-state index in [0.29, 0.717) is 12.0 Å². The zero-order chi connectivity index (χ0) is 10.1. The Morgan fingerprint density at radius 1 is 1.64 bits per heavy atom. The van der Waals surface area contributed by atoms with Crippen molar-refractivity contribution in [3.05, 3.63) is 17.7 Å². The molecule has 0 N–H and O–H groups in total. The van der Waals surface area contributed by atoms with Gasteiger partial charge in [-0.25, -0.2) is 4.98 Å². The predicted octanol–water partition coefficient (Wildman–Crippen LogP) is 3.29. The van der Waals surface area contributed by atoms with Gasteiger partial charge in [0.25, 0.3) is 0 Å². The monoisotopic (exact) mass is 192 g/mol. The molecule has 1 aromatic heterocycles. The highest BCUT2D eigenvalue weighted by molar-refractivity contribution is 5.11. The van der Waals surface area contributed by atoms with E-state index in [1.807, 2.05) is 0 Å². The number of aryl methyl sites for hydroxylation is 1. The highest BCUT2D eigenvalue weighted by Gasteiger charge is 2.19. The second-order valence-corrected chi connectivity index (χ2v) is 4.54. The number of aromatic nitrogens is 2. The van der Waals surface area contributed by atoms with Gasteiger partial charge in [0.05, 0.1) is 5.69 Å². The SMILES string of the molecule is CCC(C)c1cn2c(n1)CCCC2C. The predicted molar refractivity (Wildman–Crippen MR) is 58.6 cm³/mol. The van der Waals surface area contributed by atoms with E-state index >= 15 is 0 Å². The molecule has 2 heterocycles. The Labute approximate surface area is 86.3 Å². The summed E-state index contributed by atoms with van der Waals surface area (Å²) in [6, 6.07) is 0.657. The molecule has 1 aromatic rings. The van der Waals surface area contributed by atoms with Gasteiger partial charge in [-0.05, 0) is 32.1 Å². The second-order valence-electron chi connectivity index (χ2n) is 4.54. The topological polar surface area (TPSA) is 17.8 Å². The molecule has 0 aliphatic carbocycles. The first-order chi connectivity index (χ1) is 6.72. The molecule has 78 valence electrons. The first kappa shape index (κ1) is 9.75. The number of hydrogen-bond donors (Lipinski definition) is 0. The van der Waals surface area contributed by atoms with Crippen LogP contribution in [0.25, 0.3) is 0 Å². The highest BCUT2D eigenvalue weighted by atomic mass is 15.1. The maximum Gasteiger partial charge on any atom is 0.109 e. The molecular weight excluding hydrogens is 172 g/mol. The van der Waals surface area contributed by atoms with E-state index in [1.54, 1.807) is 0 Å². The molecule has 1 aliphatic rings. The molecule has 0 fully saturated rings. The lowest BCUT2D eigenvalue weighted by Crippen LogP contribution is -2.14. The van der Waals surface area contributed by atoms with Crippen molar-refractivity contribution in [1.82, 2.24) is 9.55 Å². The summed E-state index contributed by atoms with van der Waals surface area (Å²) in [5, 5.41) is 0. The van der Waals surface area contributed by atoms with Gasteiger partial charge >= 0.3 is 0 Å². The summed E-state index contributed by atoms with van der Waals surface area (Å²) >= 11 is 0. The van der Waals surface area contributed by atoms with Crippen LogP contribution in [0.2, 0.25) is 0 Å². The van der Waals surface area contributed by atoms with Gasteiger partial charge in [0.1, 0.15) is 5.82 Å². The van der Waals surface area contributed by atoms with Crippen molar-refractivity contribution < 1.29 is 0 Å². The van der Waals surface area contributed by atoms with Crippen molar-refractivity contribution in [2.24, 2.45) is 0 Å². The molecule has 0 amide bonds. The van der Waals surface area contributed by atoms with Crippen LogP contribution in [0.4, 0.5) is 0 Å². The van der Waals surface area contributed by atoms with Gasteiger partial charge < -0.3 is 4.57 Å². The van der Waals surface area contributed by atoms with E-state index in [2.05, 4.69) is 31.5 Å². The molecule has 0 aromatic carbocycles. The summed E-state index contributed by atoms with van der Waals surface area (Å²) in [5.74, 6) is 1.92. The first-order valence-electron chi connectivity index (χ1n) is 5.80. The molecule has 0 radical (unpaired) electrons. The third-order valence-electron chi connectivity index (χ3n) is 3.44. The Morgan fingerprint density at radius 3 is 3.07 bits per heavy atom. The van der Waals surface area contributed by atoms with E-state index < -0.39 is 0 Å². The smallest absolute Gasteiger partial charge is 0.109 e. The van der Waals surface area contributed by atoms with Crippen molar-refractivity contribution >= 4 is 0 Å². The lowest BCUT2D eigenvalue weighted by molar-refractivity contribution is 0.425. The minimum atomic E-state index is 0.611. The molecule has 1 aliphatic heterocycles. The fourth-order valence-corrected chi connectivity index (χ4v) is 2.16. The van der Waals surface area contributed by atoms with Crippen LogP contribution in [0, 0.1) is 0 Å². The van der Waals surface area contributed by atoms with Crippen LogP contribution >= 0.6 is 0 Å². The third-order valence-corrected chi connectivity index (χ3v) is 3.44. The Hall–Kier alpha value is -0.790. The van der Waals surface area contributed by atoms with E-state index in [9.17, 15) is 0 Å². The second kappa shape index (κ2) is 3.76. The first-order valence-corrected chi connectivity index (χ1v) is 5.80. The van der Waals surface area contributed by atoms with Crippen LogP contribution in [-0.4, -0.2) is 9.55 Å². The van der Waals surface area contributed by atoms with Crippen LogP contribution in [0.15, 0.2) is 6.20 Å². The van der Waals surface area contributed by atoms with Gasteiger partial charge in [0.2, 0.25) is 0 Å². The van der Waals surface area contributed by atoms with Crippen LogP contribution in [-0.2, 0) is 6.42 Å². The largest absolute Gasteiger partial charge is 0.332 e. The standard InChI is InChI=1S/C12H20N2/c1-4-9(2)11-8-14-10(3)6-5-7-12(14)13-11/h8-10H,4-7H2,1-3H3. The quantitative estimate of drug-likeness (QED) is 0.703. The Balaban J connectivity index is 2.30. The van der Waals surface area contributed by atoms with Crippen molar-refractivity contribution in [2.75, 3.05) is 0 Å². The summed E-state index contributed by atoms with van der Waals surface area (Å²) in [5.41, 5.74) is 1.29. The van der Waals surface area contributed by atoms with Gasteiger partial charge in [-0.3, -0.25) is 0 Å². The average molecular weight is 192 g/mol. The van der Waals surface area contributed by atoms with Gasteiger partial charge in [0.15, 0.2) is 0 Å². The molecular formula is C12H20N2. The van der Waals surface area contributed by atoms with Crippen molar-refractivity contribution in [3.8, 4) is 0 Å². The summed E-state index contributed by atoms with van der Waals surface area (Å²) < 4.78 is 2.38. The van der Waals surface area contributed by atoms with E-state index in [4.69, 9.17) is 4.98 Å². The fraction of sp³-hybridized carbons (Fsp3) is 0.750. The van der Waals surface area contributed by atoms with Crippen LogP contribution < -0.4 is 0 Å². The Bertz CT molecular complexity index is 314. The van der Waals surface area contributed by atoms with Crippen LogP contribution in [0.1, 0.15) is 63.5 Å². The molecule has 2 rings (SSSR count). The van der Waals surface area contributed by atoms with Crippen molar-refractivity contribution in [2.45, 2.75) is 58.4 Å². The van der Waals surface area contributed by atoms with Crippen LogP contribution in [0.5, 0.6) is 0 Å². The van der Waals surface area contributed by atoms with Gasteiger partial charge in [-0.2, -0.15) is 0 Å². The van der Waals surface area contributed by atoms with Crippen molar-refractivity contribution in [3.63, 3.8) is 0 Å². The number of rotatable bonds is 2. The van der Waals surface area contributed by atoms with E-state index in [1.165, 1.54) is 37.2 Å². The Kier molecular flexibility index (Phi) is 2.62. The maximum absolute atomic E-state index is 4.73. The number of fused-ring (bicyclic) bond motifs is 1. The third kappa shape index (κ3) is 1.58. The highest BCUT2D eigenvalue weighted by Crippen LogP contribution is 2.27. The maximum atomic E-state index is 4.73. The van der Waals surface area contributed by atoms with Gasteiger partial charge in [0, 0.05) is 18.7 Å². The summed E-state index contributed by atoms with van der Waals surface area (Å²) in [4.78, 5) is 4.73. The summed E-state index contributed by atoms with van der Waals surface area (Å²) in [6.07, 6.45) is 7.24. The van der Waals surface area contributed by atoms with Gasteiger partial charge in [-0.1, -0.05) is 13.8 Å². The molecule has 2 unspecified atom stereocenters. The normalized spacial score (nSPS) is 23.2. The number of nitrogens with zero attached hydrogens (tertiary/aromatic N) is 2. The Morgan fingerprint density at radius 2 is 2.43 bits per heavy atom. The molecule has 2 atom stereocenters. The molecule has 0 spiro atoms. The molecule has 0 saturated heterocycles. The van der Waals surface area contributed by atoms with E-state index in [-0.39, 0.29) is 0 Å². The summed E-state index contributed by atoms with van der Waals surface area (Å²) in [7, 11) is 0. The van der Waals surface area contributed by atoms with Crippen molar-refractivity contribution in [1.29, 1.82) is 0 Å². The zero-order valence-corrected chi connectivity index (χ0v) is 9.45. The van der Waals surface area contributed by atoms with Crippen LogP contribution in [0.3, 0.4) is 0 Å². The molecule has 0 bridgehead atoms. The lowest BCUT2D eigenvalue weighted by atomic mass is 10.1. The fourth-order valence-electron chi connectivity index (χ4n) is 2.16. The minimum Gasteiger partial charge on any atom is -0.332 e. The summed E-state index contributed by atoms with van der Waals surface area (Å²) in [6.45, 7) is 6.79. The number of hydrogen-bond acceptors (Lipinski definition) is 1. The minimum absolute atomic E-state index is 0.611. The lowest BCUT2D eigenvalue weighted by Gasteiger charge is -2.20.